The van der Waals surface area contributed by atoms with Crippen LogP contribution in [-0.4, -0.2) is 48.6 Å². The summed E-state index contributed by atoms with van der Waals surface area (Å²) in [7, 11) is 0. The smallest absolute Gasteiger partial charge is 0.347 e. The highest BCUT2D eigenvalue weighted by molar-refractivity contribution is 7.17. The third kappa shape index (κ3) is 4.30. The van der Waals surface area contributed by atoms with Crippen LogP contribution in [-0.2, 0) is 4.79 Å². The molecule has 0 saturated carbocycles. The van der Waals surface area contributed by atoms with Crippen LogP contribution in [0.15, 0.2) is 36.4 Å². The van der Waals surface area contributed by atoms with Gasteiger partial charge in [-0.15, -0.1) is 11.3 Å². The molecule has 1 unspecified atom stereocenters. The van der Waals surface area contributed by atoms with Gasteiger partial charge in [-0.2, -0.15) is 13.2 Å². The Morgan fingerprint density at radius 2 is 1.79 bits per heavy atom. The number of alkyl halides is 3. The largest absolute Gasteiger partial charge is 0.471 e. The fourth-order valence-corrected chi connectivity index (χ4v) is 4.92. The molecule has 1 aromatic carbocycles. The zero-order valence-electron chi connectivity index (χ0n) is 15.5. The molecule has 1 atom stereocenters. The third-order valence-electron chi connectivity index (χ3n) is 5.50. The molecule has 29 heavy (non-hydrogen) atoms. The topological polar surface area (TPSA) is 61.4 Å². The highest BCUT2D eigenvalue weighted by Crippen LogP contribution is 2.35. The van der Waals surface area contributed by atoms with Crippen molar-refractivity contribution in [2.75, 3.05) is 25.0 Å². The summed E-state index contributed by atoms with van der Waals surface area (Å²) in [5.74, 6) is -1.69. The second-order valence-corrected chi connectivity index (χ2v) is 8.46. The van der Waals surface area contributed by atoms with E-state index in [9.17, 15) is 22.8 Å². The van der Waals surface area contributed by atoms with Crippen LogP contribution in [0.4, 0.5) is 18.9 Å². The fraction of sp³-hybridized carbons (Fsp3) is 0.400. The molecule has 2 N–H and O–H groups in total. The maximum Gasteiger partial charge on any atom is 0.471 e. The maximum absolute atomic E-state index is 12.7. The number of carbonyl (C=O) groups is 2. The first-order chi connectivity index (χ1) is 13.8. The zero-order valence-corrected chi connectivity index (χ0v) is 16.3. The molecule has 0 aliphatic carbocycles. The van der Waals surface area contributed by atoms with Crippen molar-refractivity contribution in [2.24, 2.45) is 5.92 Å². The highest BCUT2D eigenvalue weighted by atomic mass is 32.1. The minimum absolute atomic E-state index is 0.0565. The Morgan fingerprint density at radius 1 is 1.07 bits per heavy atom. The second-order valence-electron chi connectivity index (χ2n) is 7.38. The van der Waals surface area contributed by atoms with Crippen LogP contribution in [0.5, 0.6) is 0 Å². The molecule has 2 amide bonds. The van der Waals surface area contributed by atoms with E-state index < -0.39 is 12.1 Å². The number of nitrogens with zero attached hydrogens (tertiary/aromatic N) is 1. The van der Waals surface area contributed by atoms with Crippen molar-refractivity contribution in [3.05, 3.63) is 41.3 Å². The van der Waals surface area contributed by atoms with Crippen LogP contribution in [0.1, 0.15) is 22.5 Å². The van der Waals surface area contributed by atoms with Crippen molar-refractivity contribution < 1.29 is 22.8 Å². The highest BCUT2D eigenvalue weighted by Gasteiger charge is 2.39. The van der Waals surface area contributed by atoms with Gasteiger partial charge in [-0.3, -0.25) is 9.59 Å². The van der Waals surface area contributed by atoms with E-state index in [0.717, 1.165) is 32.5 Å². The van der Waals surface area contributed by atoms with Gasteiger partial charge in [0.25, 0.3) is 5.91 Å². The van der Waals surface area contributed by atoms with E-state index in [1.165, 1.54) is 17.4 Å². The lowest BCUT2D eigenvalue weighted by molar-refractivity contribution is -0.167. The molecular formula is C20H20F3N3O2S. The van der Waals surface area contributed by atoms with Crippen LogP contribution in [0, 0.1) is 5.92 Å². The Labute approximate surface area is 169 Å². The van der Waals surface area contributed by atoms with Gasteiger partial charge in [0, 0.05) is 28.7 Å². The summed E-state index contributed by atoms with van der Waals surface area (Å²) in [6, 6.07) is 9.73. The number of carbonyl (C=O) groups excluding carboxylic acids is 2. The molecule has 2 aromatic rings. The molecule has 1 aromatic heterocycles. The predicted octanol–water partition coefficient (Wildman–Crippen LogP) is 3.74. The molecule has 3 aliphatic heterocycles. The number of para-hydroxylation sites is 1. The SMILES string of the molecule is O=C(NC1CN2CCC1CC2)c1ccc(-c2ccccc2NC(=O)C(F)(F)F)s1. The summed E-state index contributed by atoms with van der Waals surface area (Å²) < 4.78 is 37.8. The number of fused-ring (bicyclic) bond motifs is 3. The molecular weight excluding hydrogens is 403 g/mol. The van der Waals surface area contributed by atoms with Gasteiger partial charge in [0.05, 0.1) is 4.88 Å². The molecule has 3 saturated heterocycles. The minimum Gasteiger partial charge on any atom is -0.347 e. The number of amides is 2. The quantitative estimate of drug-likeness (QED) is 0.788. The summed E-state index contributed by atoms with van der Waals surface area (Å²) in [4.78, 5) is 27.5. The first kappa shape index (κ1) is 19.9. The average molecular weight is 423 g/mol. The zero-order chi connectivity index (χ0) is 20.6. The fourth-order valence-electron chi connectivity index (χ4n) is 3.97. The lowest BCUT2D eigenvalue weighted by Crippen LogP contribution is -2.57. The minimum atomic E-state index is -4.97. The number of rotatable bonds is 4. The molecule has 0 radical (unpaired) electrons. The van der Waals surface area contributed by atoms with Crippen molar-refractivity contribution in [2.45, 2.75) is 25.1 Å². The summed E-state index contributed by atoms with van der Waals surface area (Å²) in [6.07, 6.45) is -2.79. The normalized spacial score (nSPS) is 23.6. The van der Waals surface area contributed by atoms with E-state index >= 15 is 0 Å². The number of anilines is 1. The van der Waals surface area contributed by atoms with E-state index in [1.54, 1.807) is 30.3 Å². The summed E-state index contributed by atoms with van der Waals surface area (Å²) in [6.45, 7) is 3.03. The van der Waals surface area contributed by atoms with Crippen molar-refractivity contribution in [3.63, 3.8) is 0 Å². The monoisotopic (exact) mass is 423 g/mol. The van der Waals surface area contributed by atoms with E-state index in [4.69, 9.17) is 0 Å². The number of benzene rings is 1. The second kappa shape index (κ2) is 7.79. The summed E-state index contributed by atoms with van der Waals surface area (Å²) >= 11 is 1.19. The summed E-state index contributed by atoms with van der Waals surface area (Å²) in [5.41, 5.74) is 0.498. The Balaban J connectivity index is 1.49. The number of hydrogen-bond acceptors (Lipinski definition) is 4. The molecule has 2 bridgehead atoms. The first-order valence-electron chi connectivity index (χ1n) is 9.42. The first-order valence-corrected chi connectivity index (χ1v) is 10.2. The standard InChI is InChI=1S/C20H20F3N3O2S/c21-20(22,23)19(28)25-14-4-2-1-3-13(14)16-5-6-17(29-16)18(27)24-15-11-26-9-7-12(15)8-10-26/h1-6,12,15H,7-11H2,(H,24,27)(H,25,28). The van der Waals surface area contributed by atoms with Gasteiger partial charge in [0.15, 0.2) is 0 Å². The van der Waals surface area contributed by atoms with E-state index in [-0.39, 0.29) is 17.6 Å². The number of nitrogens with one attached hydrogen (secondary N) is 2. The van der Waals surface area contributed by atoms with E-state index in [0.29, 0.717) is 21.2 Å². The van der Waals surface area contributed by atoms with E-state index in [2.05, 4.69) is 10.2 Å². The van der Waals surface area contributed by atoms with Gasteiger partial charge in [0.2, 0.25) is 0 Å². The average Bonchev–Trinajstić information content (AvgIpc) is 3.19. The van der Waals surface area contributed by atoms with Gasteiger partial charge >= 0.3 is 12.1 Å². The van der Waals surface area contributed by atoms with Crippen LogP contribution in [0.3, 0.4) is 0 Å². The molecule has 4 heterocycles. The van der Waals surface area contributed by atoms with Crippen molar-refractivity contribution in [3.8, 4) is 10.4 Å². The third-order valence-corrected chi connectivity index (χ3v) is 6.62. The Bertz CT molecular complexity index is 920. The van der Waals surface area contributed by atoms with Crippen molar-refractivity contribution in [1.82, 2.24) is 10.2 Å². The van der Waals surface area contributed by atoms with Gasteiger partial charge in [-0.25, -0.2) is 0 Å². The number of piperidine rings is 3. The van der Waals surface area contributed by atoms with Crippen LogP contribution < -0.4 is 10.6 Å². The lowest BCUT2D eigenvalue weighted by Gasteiger charge is -2.44. The van der Waals surface area contributed by atoms with Gasteiger partial charge in [0.1, 0.15) is 0 Å². The molecule has 9 heteroatoms. The molecule has 0 spiro atoms. The van der Waals surface area contributed by atoms with Crippen molar-refractivity contribution >= 4 is 28.8 Å². The molecule has 5 rings (SSSR count). The molecule has 5 nitrogen and oxygen atoms in total. The van der Waals surface area contributed by atoms with Gasteiger partial charge < -0.3 is 15.5 Å². The number of halogens is 3. The van der Waals surface area contributed by atoms with E-state index in [1.807, 2.05) is 5.32 Å². The Morgan fingerprint density at radius 3 is 2.45 bits per heavy atom. The Hall–Kier alpha value is -2.39. The van der Waals surface area contributed by atoms with Crippen LogP contribution in [0.25, 0.3) is 10.4 Å². The van der Waals surface area contributed by atoms with Gasteiger partial charge in [-0.05, 0) is 50.0 Å². The molecule has 3 fully saturated rings. The lowest BCUT2D eigenvalue weighted by atomic mass is 9.84. The number of thiophene rings is 1. The van der Waals surface area contributed by atoms with Gasteiger partial charge in [-0.1, -0.05) is 18.2 Å². The molecule has 154 valence electrons. The van der Waals surface area contributed by atoms with Crippen molar-refractivity contribution in [1.29, 1.82) is 0 Å². The number of hydrogen-bond donors (Lipinski definition) is 2. The predicted molar refractivity (Wildman–Crippen MR) is 105 cm³/mol. The summed E-state index contributed by atoms with van der Waals surface area (Å²) in [5, 5.41) is 5.02. The maximum atomic E-state index is 12.7. The van der Waals surface area contributed by atoms with Crippen LogP contribution >= 0.6 is 11.3 Å². The molecule has 3 aliphatic rings. The van der Waals surface area contributed by atoms with Crippen LogP contribution in [0.2, 0.25) is 0 Å². The Kier molecular flexibility index (Phi) is 5.35.